The van der Waals surface area contributed by atoms with Gasteiger partial charge in [-0.15, -0.1) is 0 Å². The second kappa shape index (κ2) is 8.05. The van der Waals surface area contributed by atoms with E-state index >= 15 is 0 Å². The van der Waals surface area contributed by atoms with Crippen LogP contribution in [-0.2, 0) is 10.0 Å². The topological polar surface area (TPSA) is 79.4 Å². The molecule has 1 aliphatic heterocycles. The molecule has 0 saturated carbocycles. The van der Waals surface area contributed by atoms with E-state index in [4.69, 9.17) is 0 Å². The molecule has 1 amide bonds. The van der Waals surface area contributed by atoms with Crippen LogP contribution in [0.2, 0.25) is 0 Å². The Morgan fingerprint density at radius 3 is 2.50 bits per heavy atom. The molecule has 1 aromatic heterocycles. The first-order chi connectivity index (χ1) is 13.4. The van der Waals surface area contributed by atoms with Gasteiger partial charge in [0.2, 0.25) is 10.0 Å². The van der Waals surface area contributed by atoms with Crippen LogP contribution in [0.5, 0.6) is 0 Å². The molecule has 0 unspecified atom stereocenters. The number of aromatic nitrogens is 1. The number of benzene rings is 2. The monoisotopic (exact) mass is 527 g/mol. The van der Waals surface area contributed by atoms with Crippen LogP contribution in [0, 0.1) is 3.57 Å². The molecule has 1 aliphatic rings. The molecule has 1 fully saturated rings. The molecule has 146 valence electrons. The van der Waals surface area contributed by atoms with Gasteiger partial charge in [0.25, 0.3) is 5.91 Å². The number of thiazole rings is 1. The molecule has 0 atom stereocenters. The van der Waals surface area contributed by atoms with Gasteiger partial charge in [0.15, 0.2) is 5.13 Å². The summed E-state index contributed by atoms with van der Waals surface area (Å²) < 4.78 is 29.1. The third kappa shape index (κ3) is 4.07. The molecule has 0 bridgehead atoms. The lowest BCUT2D eigenvalue weighted by Gasteiger charge is -2.25. The highest BCUT2D eigenvalue weighted by Gasteiger charge is 2.26. The Labute approximate surface area is 181 Å². The van der Waals surface area contributed by atoms with E-state index in [9.17, 15) is 13.2 Å². The number of carbonyl (C=O) groups is 1. The summed E-state index contributed by atoms with van der Waals surface area (Å²) in [5.41, 5.74) is 1.22. The number of hydrogen-bond donors (Lipinski definition) is 1. The first-order valence-electron chi connectivity index (χ1n) is 8.91. The maximum atomic E-state index is 12.9. The van der Waals surface area contributed by atoms with E-state index in [0.29, 0.717) is 29.3 Å². The second-order valence-corrected chi connectivity index (χ2v) is 10.8. The fourth-order valence-electron chi connectivity index (χ4n) is 3.14. The number of halogens is 1. The van der Waals surface area contributed by atoms with Crippen LogP contribution in [0.4, 0.5) is 5.13 Å². The molecular weight excluding hydrogens is 509 g/mol. The van der Waals surface area contributed by atoms with E-state index in [2.05, 4.69) is 32.9 Å². The van der Waals surface area contributed by atoms with Crippen molar-refractivity contribution in [3.8, 4) is 0 Å². The average Bonchev–Trinajstić information content (AvgIpc) is 3.10. The molecule has 28 heavy (non-hydrogen) atoms. The maximum Gasteiger partial charge on any atom is 0.257 e. The van der Waals surface area contributed by atoms with Crippen molar-refractivity contribution in [3.05, 3.63) is 51.6 Å². The molecule has 3 aromatic rings. The highest BCUT2D eigenvalue weighted by molar-refractivity contribution is 14.1. The number of rotatable bonds is 4. The number of nitrogens with zero attached hydrogens (tertiary/aromatic N) is 2. The summed E-state index contributed by atoms with van der Waals surface area (Å²) in [4.78, 5) is 17.1. The summed E-state index contributed by atoms with van der Waals surface area (Å²) in [6.45, 7) is 1.14. The minimum absolute atomic E-state index is 0.239. The number of nitrogens with one attached hydrogen (secondary N) is 1. The zero-order chi connectivity index (χ0) is 19.7. The van der Waals surface area contributed by atoms with Gasteiger partial charge in [0.05, 0.1) is 15.1 Å². The second-order valence-electron chi connectivity index (χ2n) is 6.57. The number of amides is 1. The van der Waals surface area contributed by atoms with Crippen molar-refractivity contribution < 1.29 is 13.2 Å². The number of hydrogen-bond acceptors (Lipinski definition) is 5. The molecule has 2 heterocycles. The number of anilines is 1. The van der Waals surface area contributed by atoms with Crippen molar-refractivity contribution in [2.75, 3.05) is 18.4 Å². The Kier molecular flexibility index (Phi) is 5.68. The van der Waals surface area contributed by atoms with Crippen molar-refractivity contribution in [3.63, 3.8) is 0 Å². The number of piperidine rings is 1. The zero-order valence-corrected chi connectivity index (χ0v) is 18.7. The molecular formula is C19H18IN3O3S2. The maximum absolute atomic E-state index is 12.9. The quantitative estimate of drug-likeness (QED) is 0.513. The van der Waals surface area contributed by atoms with E-state index in [1.807, 2.05) is 12.1 Å². The van der Waals surface area contributed by atoms with Gasteiger partial charge in [-0.1, -0.05) is 17.8 Å². The predicted molar refractivity (Wildman–Crippen MR) is 119 cm³/mol. The molecule has 0 spiro atoms. The standard InChI is InChI=1S/C19H18IN3O3S2/c20-14-6-4-13(5-7-14)18(24)22-19-21-16-9-8-15(12-17(16)27-19)28(25,26)23-10-2-1-3-11-23/h4-9,12H,1-3,10-11H2,(H,21,22,24). The minimum Gasteiger partial charge on any atom is -0.298 e. The zero-order valence-electron chi connectivity index (χ0n) is 14.9. The first-order valence-corrected chi connectivity index (χ1v) is 12.2. The Bertz CT molecular complexity index is 1120. The SMILES string of the molecule is O=C(Nc1nc2ccc(S(=O)(=O)N3CCCCC3)cc2s1)c1ccc(I)cc1. The largest absolute Gasteiger partial charge is 0.298 e. The molecule has 0 aliphatic carbocycles. The lowest BCUT2D eigenvalue weighted by molar-refractivity contribution is 0.102. The molecule has 1 N–H and O–H groups in total. The third-order valence-electron chi connectivity index (χ3n) is 4.64. The highest BCUT2D eigenvalue weighted by atomic mass is 127. The van der Waals surface area contributed by atoms with Crippen LogP contribution in [0.1, 0.15) is 29.6 Å². The Morgan fingerprint density at radius 1 is 1.07 bits per heavy atom. The molecule has 0 radical (unpaired) electrons. The van der Waals surface area contributed by atoms with E-state index in [0.717, 1.165) is 27.5 Å². The summed E-state index contributed by atoms with van der Waals surface area (Å²) in [6.07, 6.45) is 2.87. The van der Waals surface area contributed by atoms with Gasteiger partial charge in [0.1, 0.15) is 0 Å². The van der Waals surface area contributed by atoms with Gasteiger partial charge < -0.3 is 0 Å². The fourth-order valence-corrected chi connectivity index (χ4v) is 6.02. The number of fused-ring (bicyclic) bond motifs is 1. The van der Waals surface area contributed by atoms with Gasteiger partial charge in [-0.3, -0.25) is 10.1 Å². The van der Waals surface area contributed by atoms with Crippen LogP contribution in [0.25, 0.3) is 10.2 Å². The van der Waals surface area contributed by atoms with Gasteiger partial charge in [0, 0.05) is 22.2 Å². The Hall–Kier alpha value is -1.56. The minimum atomic E-state index is -3.49. The van der Waals surface area contributed by atoms with E-state index in [-0.39, 0.29) is 10.8 Å². The lowest BCUT2D eigenvalue weighted by Crippen LogP contribution is -2.35. The summed E-state index contributed by atoms with van der Waals surface area (Å²) in [7, 11) is -3.49. The van der Waals surface area contributed by atoms with Gasteiger partial charge in [-0.2, -0.15) is 4.31 Å². The molecule has 9 heteroatoms. The van der Waals surface area contributed by atoms with Crippen LogP contribution >= 0.6 is 33.9 Å². The molecule has 4 rings (SSSR count). The van der Waals surface area contributed by atoms with Gasteiger partial charge in [-0.05, 0) is 77.9 Å². The number of carbonyl (C=O) groups excluding carboxylic acids is 1. The van der Waals surface area contributed by atoms with Crippen LogP contribution in [0.15, 0.2) is 47.4 Å². The van der Waals surface area contributed by atoms with Crippen molar-refractivity contribution in [2.45, 2.75) is 24.2 Å². The van der Waals surface area contributed by atoms with Crippen LogP contribution < -0.4 is 5.32 Å². The van der Waals surface area contributed by atoms with Crippen molar-refractivity contribution >= 4 is 65.2 Å². The lowest BCUT2D eigenvalue weighted by atomic mass is 10.2. The third-order valence-corrected chi connectivity index (χ3v) is 8.19. The predicted octanol–water partition coefficient (Wildman–Crippen LogP) is 4.33. The van der Waals surface area contributed by atoms with Gasteiger partial charge >= 0.3 is 0 Å². The van der Waals surface area contributed by atoms with Gasteiger partial charge in [-0.25, -0.2) is 13.4 Å². The summed E-state index contributed by atoms with van der Waals surface area (Å²) in [5, 5.41) is 3.24. The Balaban J connectivity index is 1.58. The van der Waals surface area contributed by atoms with Crippen LogP contribution in [0.3, 0.4) is 0 Å². The van der Waals surface area contributed by atoms with E-state index in [1.165, 1.54) is 11.3 Å². The van der Waals surface area contributed by atoms with Crippen molar-refractivity contribution in [1.29, 1.82) is 0 Å². The summed E-state index contributed by atoms with van der Waals surface area (Å²) in [5.74, 6) is -0.239. The normalized spacial score (nSPS) is 15.6. The number of sulfonamides is 1. The molecule has 2 aromatic carbocycles. The summed E-state index contributed by atoms with van der Waals surface area (Å²) >= 11 is 3.46. The fraction of sp³-hybridized carbons (Fsp3) is 0.263. The molecule has 6 nitrogen and oxygen atoms in total. The van der Waals surface area contributed by atoms with Crippen molar-refractivity contribution in [1.82, 2.24) is 9.29 Å². The highest BCUT2D eigenvalue weighted by Crippen LogP contribution is 2.30. The van der Waals surface area contributed by atoms with E-state index in [1.54, 1.807) is 34.6 Å². The van der Waals surface area contributed by atoms with E-state index < -0.39 is 10.0 Å². The summed E-state index contributed by atoms with van der Waals surface area (Å²) in [6, 6.07) is 12.2. The van der Waals surface area contributed by atoms with Crippen LogP contribution in [-0.4, -0.2) is 36.7 Å². The Morgan fingerprint density at radius 2 is 1.79 bits per heavy atom. The van der Waals surface area contributed by atoms with Crippen molar-refractivity contribution in [2.24, 2.45) is 0 Å². The smallest absolute Gasteiger partial charge is 0.257 e. The first kappa shape index (κ1) is 19.7. The molecule has 1 saturated heterocycles. The average molecular weight is 527 g/mol.